The van der Waals surface area contributed by atoms with Crippen molar-refractivity contribution in [3.05, 3.63) is 54.6 Å². The molecule has 128 valence electrons. The Morgan fingerprint density at radius 2 is 2.12 bits per heavy atom. The van der Waals surface area contributed by atoms with Gasteiger partial charge in [-0.1, -0.05) is 36.5 Å². The number of fused-ring (bicyclic) bond motifs is 1. The molecule has 0 bridgehead atoms. The lowest BCUT2D eigenvalue weighted by Crippen LogP contribution is -2.14. The molecule has 2 aliphatic rings. The van der Waals surface area contributed by atoms with Crippen LogP contribution in [0.4, 0.5) is 11.6 Å². The van der Waals surface area contributed by atoms with E-state index in [1.165, 1.54) is 6.33 Å². The van der Waals surface area contributed by atoms with Gasteiger partial charge in [-0.15, -0.1) is 11.6 Å². The highest BCUT2D eigenvalue weighted by atomic mass is 35.5. The lowest BCUT2D eigenvalue weighted by molar-refractivity contribution is 0.691. The molecule has 6 nitrogen and oxygen atoms in total. The Labute approximate surface area is 150 Å². The first-order valence-corrected chi connectivity index (χ1v) is 8.78. The summed E-state index contributed by atoms with van der Waals surface area (Å²) >= 11 is 6.20. The Hall–Kier alpha value is -2.60. The summed E-state index contributed by atoms with van der Waals surface area (Å²) in [6.07, 6.45) is 17.8. The SMILES string of the molecule is ClC1C=CC=C(Nc2ncnc3[nH]nc(NCC4C=CC=CC4)c23)C1. The Balaban J connectivity index is 1.56. The van der Waals surface area contributed by atoms with E-state index in [4.69, 9.17) is 11.6 Å². The van der Waals surface area contributed by atoms with Crippen LogP contribution in [0.1, 0.15) is 12.8 Å². The zero-order chi connectivity index (χ0) is 17.1. The Bertz CT molecular complexity index is 879. The number of alkyl halides is 1. The van der Waals surface area contributed by atoms with E-state index >= 15 is 0 Å². The van der Waals surface area contributed by atoms with Gasteiger partial charge in [0.2, 0.25) is 0 Å². The second kappa shape index (κ2) is 7.11. The van der Waals surface area contributed by atoms with Gasteiger partial charge in [-0.05, 0) is 18.4 Å². The normalized spacial score (nSPS) is 22.2. The standard InChI is InChI=1S/C18H19ClN6/c19-13-7-4-8-14(9-13)23-16-15-17(24-25-18(15)22-11-21-16)20-10-12-5-2-1-3-6-12/h1-5,7-8,11-13H,6,9-10H2,(H3,20,21,22,23,24,25). The molecule has 0 aliphatic heterocycles. The molecule has 7 heteroatoms. The third-order valence-electron chi connectivity index (χ3n) is 4.27. The highest BCUT2D eigenvalue weighted by Crippen LogP contribution is 2.28. The maximum Gasteiger partial charge on any atom is 0.162 e. The van der Waals surface area contributed by atoms with Crippen molar-refractivity contribution in [3.63, 3.8) is 0 Å². The number of halogens is 1. The van der Waals surface area contributed by atoms with Crippen LogP contribution in [-0.4, -0.2) is 32.1 Å². The van der Waals surface area contributed by atoms with E-state index in [1.54, 1.807) is 0 Å². The number of nitrogens with one attached hydrogen (secondary N) is 3. The number of aromatic amines is 1. The zero-order valence-electron chi connectivity index (χ0n) is 13.6. The largest absolute Gasteiger partial charge is 0.367 e. The summed E-state index contributed by atoms with van der Waals surface area (Å²) < 4.78 is 0. The third kappa shape index (κ3) is 3.58. The van der Waals surface area contributed by atoms with E-state index in [9.17, 15) is 0 Å². The Morgan fingerprint density at radius 1 is 1.16 bits per heavy atom. The van der Waals surface area contributed by atoms with E-state index < -0.39 is 0 Å². The molecule has 2 atom stereocenters. The first kappa shape index (κ1) is 15.9. The molecule has 4 rings (SSSR count). The minimum Gasteiger partial charge on any atom is -0.367 e. The average molecular weight is 355 g/mol. The molecule has 0 radical (unpaired) electrons. The third-order valence-corrected chi connectivity index (χ3v) is 4.57. The molecule has 0 saturated carbocycles. The van der Waals surface area contributed by atoms with Crippen LogP contribution in [0.25, 0.3) is 11.0 Å². The van der Waals surface area contributed by atoms with E-state index in [2.05, 4.69) is 55.1 Å². The van der Waals surface area contributed by atoms with Gasteiger partial charge in [0.15, 0.2) is 11.5 Å². The van der Waals surface area contributed by atoms with Gasteiger partial charge in [-0.3, -0.25) is 5.10 Å². The second-order valence-electron chi connectivity index (χ2n) is 6.13. The molecule has 2 aromatic rings. The number of allylic oxidation sites excluding steroid dienone is 7. The van der Waals surface area contributed by atoms with Crippen molar-refractivity contribution in [1.29, 1.82) is 0 Å². The fourth-order valence-electron chi connectivity index (χ4n) is 2.98. The van der Waals surface area contributed by atoms with Crippen molar-refractivity contribution in [2.75, 3.05) is 17.2 Å². The average Bonchev–Trinajstić information content (AvgIpc) is 3.05. The van der Waals surface area contributed by atoms with Crippen molar-refractivity contribution in [1.82, 2.24) is 20.2 Å². The van der Waals surface area contributed by atoms with Crippen molar-refractivity contribution >= 4 is 34.3 Å². The summed E-state index contributed by atoms with van der Waals surface area (Å²) in [7, 11) is 0. The smallest absolute Gasteiger partial charge is 0.162 e. The van der Waals surface area contributed by atoms with Gasteiger partial charge in [0, 0.05) is 18.7 Å². The number of hydrogen-bond donors (Lipinski definition) is 3. The molecule has 0 aromatic carbocycles. The van der Waals surface area contributed by atoms with Crippen LogP contribution in [0.3, 0.4) is 0 Å². The molecule has 0 saturated heterocycles. The van der Waals surface area contributed by atoms with Gasteiger partial charge in [0.25, 0.3) is 0 Å². The maximum absolute atomic E-state index is 6.20. The predicted octanol–water partition coefficient (Wildman–Crippen LogP) is 3.76. The molecule has 2 heterocycles. The Kier molecular flexibility index (Phi) is 4.52. The fraction of sp³-hybridized carbons (Fsp3) is 0.278. The van der Waals surface area contributed by atoms with Crippen LogP contribution in [0.2, 0.25) is 0 Å². The van der Waals surface area contributed by atoms with Crippen LogP contribution in [-0.2, 0) is 0 Å². The molecule has 2 aromatic heterocycles. The van der Waals surface area contributed by atoms with E-state index in [0.29, 0.717) is 11.6 Å². The topological polar surface area (TPSA) is 78.5 Å². The molecule has 2 unspecified atom stereocenters. The van der Waals surface area contributed by atoms with Crippen molar-refractivity contribution < 1.29 is 0 Å². The highest BCUT2D eigenvalue weighted by molar-refractivity contribution is 6.22. The van der Waals surface area contributed by atoms with E-state index in [0.717, 1.165) is 42.1 Å². The number of H-pyrrole nitrogens is 1. The molecule has 25 heavy (non-hydrogen) atoms. The summed E-state index contributed by atoms with van der Waals surface area (Å²) in [6, 6.07) is 0. The monoisotopic (exact) mass is 354 g/mol. The Morgan fingerprint density at radius 3 is 2.96 bits per heavy atom. The van der Waals surface area contributed by atoms with Crippen LogP contribution >= 0.6 is 11.6 Å². The summed E-state index contributed by atoms with van der Waals surface area (Å²) in [5.74, 6) is 1.95. The van der Waals surface area contributed by atoms with E-state index in [-0.39, 0.29) is 5.38 Å². The van der Waals surface area contributed by atoms with Crippen molar-refractivity contribution in [2.45, 2.75) is 18.2 Å². The number of aromatic nitrogens is 4. The van der Waals surface area contributed by atoms with Gasteiger partial charge < -0.3 is 10.6 Å². The molecular formula is C18H19ClN6. The molecule has 0 spiro atoms. The first-order valence-electron chi connectivity index (χ1n) is 8.34. The van der Waals surface area contributed by atoms with Gasteiger partial charge in [0.1, 0.15) is 17.5 Å². The summed E-state index contributed by atoms with van der Waals surface area (Å²) in [6.45, 7) is 0.810. The lowest BCUT2D eigenvalue weighted by atomic mass is 10.0. The minimum absolute atomic E-state index is 0.00193. The van der Waals surface area contributed by atoms with Gasteiger partial charge in [-0.2, -0.15) is 5.10 Å². The van der Waals surface area contributed by atoms with Crippen molar-refractivity contribution in [2.24, 2.45) is 5.92 Å². The fourth-order valence-corrected chi connectivity index (χ4v) is 3.23. The molecule has 0 amide bonds. The molecule has 3 N–H and O–H groups in total. The lowest BCUT2D eigenvalue weighted by Gasteiger charge is -2.16. The summed E-state index contributed by atoms with van der Waals surface area (Å²) in [5.41, 5.74) is 1.73. The van der Waals surface area contributed by atoms with Crippen LogP contribution in [0, 0.1) is 5.92 Å². The second-order valence-corrected chi connectivity index (χ2v) is 6.69. The highest BCUT2D eigenvalue weighted by Gasteiger charge is 2.16. The van der Waals surface area contributed by atoms with Gasteiger partial charge in [-0.25, -0.2) is 9.97 Å². The van der Waals surface area contributed by atoms with Crippen LogP contribution in [0.5, 0.6) is 0 Å². The number of nitrogens with zero attached hydrogens (tertiary/aromatic N) is 3. The van der Waals surface area contributed by atoms with E-state index in [1.807, 2.05) is 18.2 Å². The van der Waals surface area contributed by atoms with Crippen LogP contribution < -0.4 is 10.6 Å². The quantitative estimate of drug-likeness (QED) is 0.712. The number of anilines is 2. The molecule has 0 fully saturated rings. The summed E-state index contributed by atoms with van der Waals surface area (Å²) in [4.78, 5) is 8.67. The predicted molar refractivity (Wildman–Crippen MR) is 102 cm³/mol. The first-order chi connectivity index (χ1) is 12.3. The van der Waals surface area contributed by atoms with Crippen LogP contribution in [0.15, 0.2) is 54.6 Å². The maximum atomic E-state index is 6.20. The minimum atomic E-state index is -0.00193. The molecule has 2 aliphatic carbocycles. The zero-order valence-corrected chi connectivity index (χ0v) is 14.4. The number of hydrogen-bond acceptors (Lipinski definition) is 5. The van der Waals surface area contributed by atoms with Crippen molar-refractivity contribution in [3.8, 4) is 0 Å². The summed E-state index contributed by atoms with van der Waals surface area (Å²) in [5, 5.41) is 15.0. The number of rotatable bonds is 5. The molecular weight excluding hydrogens is 336 g/mol. The van der Waals surface area contributed by atoms with Gasteiger partial charge >= 0.3 is 0 Å². The van der Waals surface area contributed by atoms with Gasteiger partial charge in [0.05, 0.1) is 5.38 Å².